The van der Waals surface area contributed by atoms with Gasteiger partial charge in [0.05, 0.1) is 20.3 Å². The van der Waals surface area contributed by atoms with E-state index in [4.69, 9.17) is 15.2 Å². The minimum Gasteiger partial charge on any atom is -0.496 e. The molecule has 0 amide bonds. The Balaban J connectivity index is 2.16. The molecule has 0 aromatic heterocycles. The van der Waals surface area contributed by atoms with Crippen LogP contribution in [-0.4, -0.2) is 38.3 Å². The van der Waals surface area contributed by atoms with Gasteiger partial charge in [0.1, 0.15) is 5.75 Å². The lowest BCUT2D eigenvalue weighted by atomic mass is 10.1. The quantitative estimate of drug-likeness (QED) is 0.847. The molecule has 94 valence electrons. The molecular weight excluding hydrogens is 216 g/mol. The maximum Gasteiger partial charge on any atom is 0.123 e. The van der Waals surface area contributed by atoms with Crippen LogP contribution in [0.2, 0.25) is 0 Å². The number of methoxy groups -OCH3 is 1. The van der Waals surface area contributed by atoms with E-state index >= 15 is 0 Å². The Labute approximate surface area is 102 Å². The summed E-state index contributed by atoms with van der Waals surface area (Å²) < 4.78 is 10.8. The minimum atomic E-state index is 0.552. The zero-order chi connectivity index (χ0) is 12.1. The van der Waals surface area contributed by atoms with Crippen molar-refractivity contribution in [2.24, 2.45) is 5.73 Å². The molecule has 1 aliphatic heterocycles. The molecule has 1 aromatic rings. The lowest BCUT2D eigenvalue weighted by molar-refractivity contribution is 0.0337. The molecule has 1 saturated heterocycles. The maximum atomic E-state index is 5.78. The number of rotatable bonds is 4. The van der Waals surface area contributed by atoms with E-state index in [9.17, 15) is 0 Å². The molecule has 1 aliphatic rings. The van der Waals surface area contributed by atoms with Crippen LogP contribution in [0.1, 0.15) is 11.1 Å². The van der Waals surface area contributed by atoms with Crippen molar-refractivity contribution in [2.45, 2.75) is 13.1 Å². The van der Waals surface area contributed by atoms with Gasteiger partial charge < -0.3 is 15.2 Å². The first kappa shape index (κ1) is 12.4. The van der Waals surface area contributed by atoms with Crippen LogP contribution < -0.4 is 10.5 Å². The summed E-state index contributed by atoms with van der Waals surface area (Å²) >= 11 is 0. The van der Waals surface area contributed by atoms with Crippen LogP contribution in [0.5, 0.6) is 5.75 Å². The van der Waals surface area contributed by atoms with Crippen LogP contribution in [0, 0.1) is 0 Å². The summed E-state index contributed by atoms with van der Waals surface area (Å²) in [6, 6.07) is 6.05. The molecule has 1 heterocycles. The van der Waals surface area contributed by atoms with Crippen LogP contribution in [-0.2, 0) is 17.8 Å². The first-order valence-electron chi connectivity index (χ1n) is 6.00. The van der Waals surface area contributed by atoms with Gasteiger partial charge in [-0.2, -0.15) is 0 Å². The summed E-state index contributed by atoms with van der Waals surface area (Å²) in [6.45, 7) is 5.01. The predicted molar refractivity (Wildman–Crippen MR) is 67.0 cm³/mol. The van der Waals surface area contributed by atoms with Crippen molar-refractivity contribution in [1.82, 2.24) is 4.90 Å². The van der Waals surface area contributed by atoms with E-state index in [1.807, 2.05) is 12.1 Å². The van der Waals surface area contributed by atoms with E-state index in [1.54, 1.807) is 7.11 Å². The lowest BCUT2D eigenvalue weighted by Crippen LogP contribution is -2.36. The van der Waals surface area contributed by atoms with Gasteiger partial charge in [-0.1, -0.05) is 12.1 Å². The van der Waals surface area contributed by atoms with Crippen molar-refractivity contribution in [3.63, 3.8) is 0 Å². The van der Waals surface area contributed by atoms with Gasteiger partial charge in [0.25, 0.3) is 0 Å². The van der Waals surface area contributed by atoms with Crippen molar-refractivity contribution in [2.75, 3.05) is 33.4 Å². The summed E-state index contributed by atoms with van der Waals surface area (Å²) in [5.74, 6) is 0.930. The second-order valence-electron chi connectivity index (χ2n) is 4.19. The second kappa shape index (κ2) is 6.00. The van der Waals surface area contributed by atoms with E-state index < -0.39 is 0 Å². The van der Waals surface area contributed by atoms with Crippen LogP contribution in [0.4, 0.5) is 0 Å². The van der Waals surface area contributed by atoms with Crippen LogP contribution in [0.15, 0.2) is 18.2 Å². The Bertz CT molecular complexity index is 340. The van der Waals surface area contributed by atoms with E-state index in [0.29, 0.717) is 6.54 Å². The van der Waals surface area contributed by atoms with E-state index in [1.165, 1.54) is 5.56 Å². The minimum absolute atomic E-state index is 0.552. The molecule has 1 aromatic carbocycles. The summed E-state index contributed by atoms with van der Waals surface area (Å²) in [5, 5.41) is 0. The highest BCUT2D eigenvalue weighted by Gasteiger charge is 2.15. The van der Waals surface area contributed by atoms with Crippen molar-refractivity contribution >= 4 is 0 Å². The highest BCUT2D eigenvalue weighted by molar-refractivity contribution is 5.40. The van der Waals surface area contributed by atoms with Crippen molar-refractivity contribution in [3.8, 4) is 5.75 Å². The third kappa shape index (κ3) is 2.97. The Kier molecular flexibility index (Phi) is 4.36. The smallest absolute Gasteiger partial charge is 0.123 e. The number of benzene rings is 1. The van der Waals surface area contributed by atoms with Gasteiger partial charge in [-0.3, -0.25) is 4.90 Å². The standard InChI is InChI=1S/C13H20N2O2/c1-16-13-4-2-3-11(9-14)12(13)10-15-5-7-17-8-6-15/h2-4H,5-10,14H2,1H3. The third-order valence-electron chi connectivity index (χ3n) is 3.16. The molecule has 17 heavy (non-hydrogen) atoms. The number of hydrogen-bond donors (Lipinski definition) is 1. The zero-order valence-corrected chi connectivity index (χ0v) is 10.3. The van der Waals surface area contributed by atoms with Gasteiger partial charge in [-0.05, 0) is 11.6 Å². The highest BCUT2D eigenvalue weighted by atomic mass is 16.5. The number of hydrogen-bond acceptors (Lipinski definition) is 4. The molecule has 0 aliphatic carbocycles. The van der Waals surface area contributed by atoms with Gasteiger partial charge in [0, 0.05) is 31.7 Å². The average molecular weight is 236 g/mol. The summed E-state index contributed by atoms with van der Waals surface area (Å²) in [5.41, 5.74) is 8.15. The predicted octanol–water partition coefficient (Wildman–Crippen LogP) is 0.986. The van der Waals surface area contributed by atoms with Crippen molar-refractivity contribution in [3.05, 3.63) is 29.3 Å². The summed E-state index contributed by atoms with van der Waals surface area (Å²) in [4.78, 5) is 2.38. The fraction of sp³-hybridized carbons (Fsp3) is 0.538. The molecule has 0 atom stereocenters. The van der Waals surface area contributed by atoms with Gasteiger partial charge in [-0.25, -0.2) is 0 Å². The molecule has 2 rings (SSSR count). The van der Waals surface area contributed by atoms with E-state index in [0.717, 1.165) is 44.2 Å². The Morgan fingerprint density at radius 1 is 1.35 bits per heavy atom. The maximum absolute atomic E-state index is 5.78. The van der Waals surface area contributed by atoms with Gasteiger partial charge in [0.2, 0.25) is 0 Å². The van der Waals surface area contributed by atoms with Gasteiger partial charge >= 0.3 is 0 Å². The molecule has 0 unspecified atom stereocenters. The Hall–Kier alpha value is -1.10. The van der Waals surface area contributed by atoms with E-state index in [-0.39, 0.29) is 0 Å². The number of nitrogens with two attached hydrogens (primary N) is 1. The first-order chi connectivity index (χ1) is 8.35. The van der Waals surface area contributed by atoms with Crippen LogP contribution >= 0.6 is 0 Å². The summed E-state index contributed by atoms with van der Waals surface area (Å²) in [7, 11) is 1.71. The second-order valence-corrected chi connectivity index (χ2v) is 4.19. The summed E-state index contributed by atoms with van der Waals surface area (Å²) in [6.07, 6.45) is 0. The lowest BCUT2D eigenvalue weighted by Gasteiger charge is -2.28. The Morgan fingerprint density at radius 2 is 2.12 bits per heavy atom. The zero-order valence-electron chi connectivity index (χ0n) is 10.3. The highest BCUT2D eigenvalue weighted by Crippen LogP contribution is 2.24. The molecule has 0 spiro atoms. The molecule has 2 N–H and O–H groups in total. The van der Waals surface area contributed by atoms with Crippen molar-refractivity contribution < 1.29 is 9.47 Å². The normalized spacial score (nSPS) is 17.1. The largest absolute Gasteiger partial charge is 0.496 e. The fourth-order valence-corrected chi connectivity index (χ4v) is 2.16. The first-order valence-corrected chi connectivity index (χ1v) is 6.00. The van der Waals surface area contributed by atoms with Crippen LogP contribution in [0.25, 0.3) is 0 Å². The topological polar surface area (TPSA) is 47.7 Å². The molecule has 0 saturated carbocycles. The Morgan fingerprint density at radius 3 is 2.76 bits per heavy atom. The van der Waals surface area contributed by atoms with E-state index in [2.05, 4.69) is 11.0 Å². The SMILES string of the molecule is COc1cccc(CN)c1CN1CCOCC1. The number of nitrogens with zero attached hydrogens (tertiary/aromatic N) is 1. The number of ether oxygens (including phenoxy) is 2. The van der Waals surface area contributed by atoms with Gasteiger partial charge in [0.15, 0.2) is 0 Å². The molecule has 1 fully saturated rings. The number of morpholine rings is 1. The molecular formula is C13H20N2O2. The monoisotopic (exact) mass is 236 g/mol. The molecule has 4 heteroatoms. The fourth-order valence-electron chi connectivity index (χ4n) is 2.16. The molecule has 4 nitrogen and oxygen atoms in total. The molecule has 0 radical (unpaired) electrons. The third-order valence-corrected chi connectivity index (χ3v) is 3.16. The molecule has 0 bridgehead atoms. The van der Waals surface area contributed by atoms with Crippen LogP contribution in [0.3, 0.4) is 0 Å². The average Bonchev–Trinajstić information content (AvgIpc) is 2.40. The van der Waals surface area contributed by atoms with Crippen molar-refractivity contribution in [1.29, 1.82) is 0 Å². The van der Waals surface area contributed by atoms with Gasteiger partial charge in [-0.15, -0.1) is 0 Å².